The third-order valence-corrected chi connectivity index (χ3v) is 4.57. The van der Waals surface area contributed by atoms with Gasteiger partial charge in [-0.05, 0) is 36.0 Å². The van der Waals surface area contributed by atoms with Crippen molar-refractivity contribution in [1.29, 1.82) is 0 Å². The molecule has 0 saturated carbocycles. The van der Waals surface area contributed by atoms with Gasteiger partial charge < -0.3 is 13.9 Å². The SMILES string of the molecule is COC(=O)c1ccc(CN2C(=O)S/C(=C/c3ccccc3OC)C2=O)o1. The molecule has 1 aromatic heterocycles. The first-order valence-corrected chi connectivity index (χ1v) is 8.40. The predicted molar refractivity (Wildman–Crippen MR) is 94.6 cm³/mol. The van der Waals surface area contributed by atoms with Gasteiger partial charge in [0.2, 0.25) is 5.76 Å². The van der Waals surface area contributed by atoms with Crippen molar-refractivity contribution in [1.82, 2.24) is 4.90 Å². The van der Waals surface area contributed by atoms with Crippen LogP contribution in [0.4, 0.5) is 4.79 Å². The molecule has 0 radical (unpaired) electrons. The molecule has 1 aliphatic rings. The maximum absolute atomic E-state index is 12.6. The third kappa shape index (κ3) is 3.50. The lowest BCUT2D eigenvalue weighted by molar-refractivity contribution is -0.123. The van der Waals surface area contributed by atoms with Gasteiger partial charge in [0.05, 0.1) is 25.7 Å². The number of hydrogen-bond donors (Lipinski definition) is 0. The summed E-state index contributed by atoms with van der Waals surface area (Å²) >= 11 is 0.842. The summed E-state index contributed by atoms with van der Waals surface area (Å²) in [5.41, 5.74) is 0.700. The summed E-state index contributed by atoms with van der Waals surface area (Å²) in [5, 5.41) is -0.410. The molecule has 0 unspecified atom stereocenters. The van der Waals surface area contributed by atoms with E-state index in [-0.39, 0.29) is 12.3 Å². The van der Waals surface area contributed by atoms with Crippen LogP contribution < -0.4 is 4.74 Å². The van der Waals surface area contributed by atoms with Gasteiger partial charge in [0.15, 0.2) is 0 Å². The van der Waals surface area contributed by atoms with Crippen LogP contribution in [0.2, 0.25) is 0 Å². The first kappa shape index (κ1) is 17.8. The third-order valence-electron chi connectivity index (χ3n) is 3.66. The zero-order chi connectivity index (χ0) is 18.7. The molecule has 26 heavy (non-hydrogen) atoms. The maximum atomic E-state index is 12.6. The molecule has 2 aromatic rings. The van der Waals surface area contributed by atoms with Crippen molar-refractivity contribution < 1.29 is 28.3 Å². The Morgan fingerprint density at radius 3 is 2.69 bits per heavy atom. The zero-order valence-electron chi connectivity index (χ0n) is 14.1. The Morgan fingerprint density at radius 2 is 1.96 bits per heavy atom. The second kappa shape index (κ2) is 7.49. The lowest BCUT2D eigenvalue weighted by Crippen LogP contribution is -2.27. The molecule has 0 aliphatic carbocycles. The van der Waals surface area contributed by atoms with E-state index in [1.54, 1.807) is 18.2 Å². The number of methoxy groups -OCH3 is 2. The standard InChI is InChI=1S/C18H15NO6S/c1-23-13-6-4-3-5-11(13)9-15-16(20)19(18(22)26-15)10-12-7-8-14(25-12)17(21)24-2/h3-9H,10H2,1-2H3/b15-9+. The van der Waals surface area contributed by atoms with Crippen molar-refractivity contribution in [2.75, 3.05) is 14.2 Å². The lowest BCUT2D eigenvalue weighted by Gasteiger charge is -2.10. The maximum Gasteiger partial charge on any atom is 0.373 e. The van der Waals surface area contributed by atoms with E-state index >= 15 is 0 Å². The van der Waals surface area contributed by atoms with Gasteiger partial charge >= 0.3 is 5.97 Å². The van der Waals surface area contributed by atoms with E-state index < -0.39 is 17.1 Å². The summed E-state index contributed by atoms with van der Waals surface area (Å²) in [6.45, 7) is -0.0646. The molecule has 7 nitrogen and oxygen atoms in total. The van der Waals surface area contributed by atoms with E-state index in [0.717, 1.165) is 16.7 Å². The van der Waals surface area contributed by atoms with E-state index in [1.165, 1.54) is 26.4 Å². The molecule has 2 amide bonds. The number of thioether (sulfide) groups is 1. The van der Waals surface area contributed by atoms with Gasteiger partial charge in [0.1, 0.15) is 11.5 Å². The molecule has 1 fully saturated rings. The van der Waals surface area contributed by atoms with Crippen molar-refractivity contribution in [3.63, 3.8) is 0 Å². The summed E-state index contributed by atoms with van der Waals surface area (Å²) < 4.78 is 15.1. The number of hydrogen-bond acceptors (Lipinski definition) is 7. The average molecular weight is 373 g/mol. The van der Waals surface area contributed by atoms with Crippen LogP contribution in [0.5, 0.6) is 5.75 Å². The number of para-hydroxylation sites is 1. The molecule has 1 saturated heterocycles. The smallest absolute Gasteiger partial charge is 0.373 e. The van der Waals surface area contributed by atoms with Gasteiger partial charge in [-0.1, -0.05) is 18.2 Å². The van der Waals surface area contributed by atoms with E-state index in [9.17, 15) is 14.4 Å². The summed E-state index contributed by atoms with van der Waals surface area (Å²) in [5.74, 6) is -0.123. The highest BCUT2D eigenvalue weighted by atomic mass is 32.2. The Labute approximate surface area is 153 Å². The molecule has 134 valence electrons. The molecular formula is C18H15NO6S. The minimum atomic E-state index is -0.624. The van der Waals surface area contributed by atoms with Crippen molar-refractivity contribution in [3.05, 3.63) is 58.4 Å². The summed E-state index contributed by atoms with van der Waals surface area (Å²) in [6, 6.07) is 10.2. The second-order valence-electron chi connectivity index (χ2n) is 5.27. The molecule has 0 bridgehead atoms. The Hall–Kier alpha value is -3.00. The second-order valence-corrected chi connectivity index (χ2v) is 6.26. The zero-order valence-corrected chi connectivity index (χ0v) is 14.9. The molecule has 2 heterocycles. The molecular weight excluding hydrogens is 358 g/mol. The monoisotopic (exact) mass is 373 g/mol. The minimum absolute atomic E-state index is 0.0130. The summed E-state index contributed by atoms with van der Waals surface area (Å²) in [6.07, 6.45) is 1.62. The molecule has 1 aliphatic heterocycles. The fourth-order valence-electron chi connectivity index (χ4n) is 2.39. The topological polar surface area (TPSA) is 86.0 Å². The van der Waals surface area contributed by atoms with Crippen molar-refractivity contribution >= 4 is 35.0 Å². The minimum Gasteiger partial charge on any atom is -0.496 e. The van der Waals surface area contributed by atoms with Crippen LogP contribution in [-0.2, 0) is 16.1 Å². The largest absolute Gasteiger partial charge is 0.496 e. The number of esters is 1. The van der Waals surface area contributed by atoms with Crippen molar-refractivity contribution in [3.8, 4) is 5.75 Å². The first-order chi connectivity index (χ1) is 12.5. The van der Waals surface area contributed by atoms with Gasteiger partial charge in [-0.3, -0.25) is 14.5 Å². The molecule has 0 atom stereocenters. The number of carbonyl (C=O) groups excluding carboxylic acids is 3. The number of rotatable bonds is 5. The van der Waals surface area contributed by atoms with Crippen molar-refractivity contribution in [2.24, 2.45) is 0 Å². The first-order valence-electron chi connectivity index (χ1n) is 7.59. The normalized spacial score (nSPS) is 15.6. The number of carbonyl (C=O) groups is 3. The number of ether oxygens (including phenoxy) is 2. The van der Waals surface area contributed by atoms with Crippen LogP contribution in [0, 0.1) is 0 Å². The fourth-order valence-corrected chi connectivity index (χ4v) is 3.22. The van der Waals surface area contributed by atoms with Crippen molar-refractivity contribution in [2.45, 2.75) is 6.54 Å². The Morgan fingerprint density at radius 1 is 1.19 bits per heavy atom. The van der Waals surface area contributed by atoms with E-state index in [1.807, 2.05) is 12.1 Å². The number of amides is 2. The Balaban J connectivity index is 1.80. The van der Waals surface area contributed by atoms with Gasteiger partial charge in [-0.15, -0.1) is 0 Å². The van der Waals surface area contributed by atoms with E-state index in [0.29, 0.717) is 22.0 Å². The molecule has 3 rings (SSSR count). The van der Waals surface area contributed by atoms with Crippen LogP contribution in [0.15, 0.2) is 45.7 Å². The fraction of sp³-hybridized carbons (Fsp3) is 0.167. The predicted octanol–water partition coefficient (Wildman–Crippen LogP) is 3.31. The van der Waals surface area contributed by atoms with Crippen LogP contribution in [0.1, 0.15) is 21.9 Å². The quantitative estimate of drug-likeness (QED) is 0.587. The molecule has 1 aromatic carbocycles. The number of furan rings is 1. The van der Waals surface area contributed by atoms with Crippen LogP contribution in [0.25, 0.3) is 6.08 Å². The van der Waals surface area contributed by atoms with Gasteiger partial charge in [-0.2, -0.15) is 0 Å². The summed E-state index contributed by atoms with van der Waals surface area (Å²) in [4.78, 5) is 37.5. The van der Waals surface area contributed by atoms with Crippen LogP contribution in [-0.4, -0.2) is 36.2 Å². The van der Waals surface area contributed by atoms with E-state index in [2.05, 4.69) is 4.74 Å². The average Bonchev–Trinajstić information content (AvgIpc) is 3.22. The Kier molecular flexibility index (Phi) is 5.13. The lowest BCUT2D eigenvalue weighted by atomic mass is 10.2. The molecule has 0 spiro atoms. The number of imide groups is 1. The molecule has 0 N–H and O–H groups in total. The van der Waals surface area contributed by atoms with E-state index in [4.69, 9.17) is 9.15 Å². The van der Waals surface area contributed by atoms with Crippen LogP contribution in [0.3, 0.4) is 0 Å². The van der Waals surface area contributed by atoms with Gasteiger partial charge in [0.25, 0.3) is 11.1 Å². The highest BCUT2D eigenvalue weighted by molar-refractivity contribution is 8.18. The Bertz CT molecular complexity index is 901. The van der Waals surface area contributed by atoms with Gasteiger partial charge in [0, 0.05) is 5.56 Å². The highest BCUT2D eigenvalue weighted by Crippen LogP contribution is 2.34. The number of benzene rings is 1. The summed E-state index contributed by atoms with van der Waals surface area (Å²) in [7, 11) is 2.78. The number of nitrogens with zero attached hydrogens (tertiary/aromatic N) is 1. The van der Waals surface area contributed by atoms with Gasteiger partial charge in [-0.25, -0.2) is 4.79 Å². The molecule has 8 heteroatoms. The highest BCUT2D eigenvalue weighted by Gasteiger charge is 2.36. The van der Waals surface area contributed by atoms with Crippen LogP contribution >= 0.6 is 11.8 Å².